The van der Waals surface area contributed by atoms with Crippen LogP contribution in [0.2, 0.25) is 0 Å². The van der Waals surface area contributed by atoms with Gasteiger partial charge in [-0.05, 0) is 51.3 Å². The minimum Gasteiger partial charge on any atom is -0.340 e. The molecule has 1 aromatic rings. The van der Waals surface area contributed by atoms with Gasteiger partial charge in [0.15, 0.2) is 0 Å². The first-order valence-corrected chi connectivity index (χ1v) is 7.68. The second-order valence-corrected chi connectivity index (χ2v) is 5.57. The zero-order chi connectivity index (χ0) is 14.5. The van der Waals surface area contributed by atoms with E-state index >= 15 is 0 Å². The Hall–Kier alpha value is -1.36. The molecular formula is C15H26N4O. The van der Waals surface area contributed by atoms with Gasteiger partial charge in [-0.15, -0.1) is 0 Å². The molecular weight excluding hydrogens is 252 g/mol. The molecule has 112 valence electrons. The summed E-state index contributed by atoms with van der Waals surface area (Å²) in [6.45, 7) is 7.81. The first-order chi connectivity index (χ1) is 9.65. The molecule has 5 nitrogen and oxygen atoms in total. The van der Waals surface area contributed by atoms with Crippen molar-refractivity contribution >= 4 is 5.91 Å². The van der Waals surface area contributed by atoms with Gasteiger partial charge < -0.3 is 10.2 Å². The number of hydrogen-bond acceptors (Lipinski definition) is 3. The maximum atomic E-state index is 12.6. The Balaban J connectivity index is 2.03. The highest BCUT2D eigenvalue weighted by Gasteiger charge is 2.21. The fourth-order valence-electron chi connectivity index (χ4n) is 2.79. The molecule has 0 bridgehead atoms. The van der Waals surface area contributed by atoms with Crippen LogP contribution in [0.15, 0.2) is 6.07 Å². The van der Waals surface area contributed by atoms with Crippen molar-refractivity contribution in [2.75, 3.05) is 26.7 Å². The molecule has 1 N–H and O–H groups in total. The van der Waals surface area contributed by atoms with Gasteiger partial charge in [-0.2, -0.15) is 5.10 Å². The van der Waals surface area contributed by atoms with Crippen LogP contribution >= 0.6 is 0 Å². The van der Waals surface area contributed by atoms with E-state index in [2.05, 4.69) is 17.3 Å². The third-order valence-corrected chi connectivity index (χ3v) is 4.05. The Morgan fingerprint density at radius 2 is 2.15 bits per heavy atom. The molecule has 0 aliphatic carbocycles. The number of nitrogens with zero attached hydrogens (tertiary/aromatic N) is 3. The SMILES string of the molecule is CCc1cc(C(=O)N(C)CC2CCNCC2)n(CC)n1. The molecule has 1 aromatic heterocycles. The zero-order valence-corrected chi connectivity index (χ0v) is 12.9. The Kier molecular flexibility index (Phi) is 5.17. The van der Waals surface area contributed by atoms with Crippen molar-refractivity contribution in [3.8, 4) is 0 Å². The number of piperidine rings is 1. The fraction of sp³-hybridized carbons (Fsp3) is 0.733. The van der Waals surface area contributed by atoms with Crippen LogP contribution in [-0.4, -0.2) is 47.3 Å². The second kappa shape index (κ2) is 6.88. The van der Waals surface area contributed by atoms with E-state index in [4.69, 9.17) is 0 Å². The largest absolute Gasteiger partial charge is 0.340 e. The van der Waals surface area contributed by atoms with Crippen molar-refractivity contribution in [3.63, 3.8) is 0 Å². The summed E-state index contributed by atoms with van der Waals surface area (Å²) < 4.78 is 1.82. The van der Waals surface area contributed by atoms with Crippen molar-refractivity contribution in [1.29, 1.82) is 0 Å². The van der Waals surface area contributed by atoms with Gasteiger partial charge >= 0.3 is 0 Å². The number of rotatable bonds is 5. The first kappa shape index (κ1) is 15.0. The lowest BCUT2D eigenvalue weighted by Gasteiger charge is -2.27. The summed E-state index contributed by atoms with van der Waals surface area (Å²) in [6.07, 6.45) is 3.18. The van der Waals surface area contributed by atoms with E-state index < -0.39 is 0 Å². The number of hydrogen-bond donors (Lipinski definition) is 1. The van der Waals surface area contributed by atoms with Crippen LogP contribution in [0, 0.1) is 5.92 Å². The smallest absolute Gasteiger partial charge is 0.271 e. The molecule has 0 radical (unpaired) electrons. The van der Waals surface area contributed by atoms with Gasteiger partial charge in [0, 0.05) is 20.1 Å². The number of carbonyl (C=O) groups excluding carboxylic acids is 1. The number of carbonyl (C=O) groups is 1. The highest BCUT2D eigenvalue weighted by molar-refractivity contribution is 5.92. The van der Waals surface area contributed by atoms with Crippen molar-refractivity contribution in [1.82, 2.24) is 20.0 Å². The minimum absolute atomic E-state index is 0.0950. The van der Waals surface area contributed by atoms with Crippen LogP contribution in [0.25, 0.3) is 0 Å². The van der Waals surface area contributed by atoms with Gasteiger partial charge in [-0.25, -0.2) is 0 Å². The van der Waals surface area contributed by atoms with Gasteiger partial charge in [0.2, 0.25) is 0 Å². The molecule has 2 heterocycles. The average Bonchev–Trinajstić information content (AvgIpc) is 2.90. The molecule has 1 amide bonds. The molecule has 0 spiro atoms. The number of nitrogens with one attached hydrogen (secondary N) is 1. The van der Waals surface area contributed by atoms with Crippen LogP contribution in [-0.2, 0) is 13.0 Å². The molecule has 0 atom stereocenters. The predicted molar refractivity (Wildman–Crippen MR) is 79.8 cm³/mol. The van der Waals surface area contributed by atoms with Gasteiger partial charge in [0.05, 0.1) is 5.69 Å². The maximum Gasteiger partial charge on any atom is 0.271 e. The van der Waals surface area contributed by atoms with Crippen LogP contribution in [0.3, 0.4) is 0 Å². The van der Waals surface area contributed by atoms with Crippen molar-refractivity contribution in [2.45, 2.75) is 39.7 Å². The number of amides is 1. The quantitative estimate of drug-likeness (QED) is 0.889. The van der Waals surface area contributed by atoms with Crippen LogP contribution in [0.1, 0.15) is 42.9 Å². The summed E-state index contributed by atoms with van der Waals surface area (Å²) in [4.78, 5) is 14.4. The molecule has 1 aliphatic rings. The summed E-state index contributed by atoms with van der Waals surface area (Å²) in [6, 6.07) is 1.94. The Labute approximate surface area is 121 Å². The molecule has 5 heteroatoms. The highest BCUT2D eigenvalue weighted by Crippen LogP contribution is 2.15. The van der Waals surface area contributed by atoms with Crippen molar-refractivity contribution in [3.05, 3.63) is 17.5 Å². The van der Waals surface area contributed by atoms with Crippen LogP contribution < -0.4 is 5.32 Å². The highest BCUT2D eigenvalue weighted by atomic mass is 16.2. The summed E-state index contributed by atoms with van der Waals surface area (Å²) in [5, 5.41) is 7.82. The second-order valence-electron chi connectivity index (χ2n) is 5.57. The van der Waals surface area contributed by atoms with E-state index in [1.54, 1.807) is 0 Å². The van der Waals surface area contributed by atoms with E-state index in [1.165, 1.54) is 0 Å². The normalized spacial score (nSPS) is 16.4. The van der Waals surface area contributed by atoms with Crippen molar-refractivity contribution in [2.24, 2.45) is 5.92 Å². The lowest BCUT2D eigenvalue weighted by molar-refractivity contribution is 0.0750. The third kappa shape index (κ3) is 3.39. The van der Waals surface area contributed by atoms with E-state index in [1.807, 2.05) is 29.6 Å². The van der Waals surface area contributed by atoms with E-state index in [-0.39, 0.29) is 5.91 Å². The number of aryl methyl sites for hydroxylation is 2. The van der Waals surface area contributed by atoms with E-state index in [9.17, 15) is 4.79 Å². The molecule has 1 saturated heterocycles. The third-order valence-electron chi connectivity index (χ3n) is 4.05. The molecule has 0 saturated carbocycles. The Bertz CT molecular complexity index is 449. The lowest BCUT2D eigenvalue weighted by Crippen LogP contribution is -2.37. The summed E-state index contributed by atoms with van der Waals surface area (Å²) >= 11 is 0. The standard InChI is InChI=1S/C15H26N4O/c1-4-13-10-14(19(5-2)17-13)15(20)18(3)11-12-6-8-16-9-7-12/h10,12,16H,4-9,11H2,1-3H3. The number of aromatic nitrogens is 2. The summed E-state index contributed by atoms with van der Waals surface area (Å²) in [7, 11) is 1.91. The topological polar surface area (TPSA) is 50.2 Å². The summed E-state index contributed by atoms with van der Waals surface area (Å²) in [5.74, 6) is 0.714. The predicted octanol–water partition coefficient (Wildman–Crippen LogP) is 1.54. The first-order valence-electron chi connectivity index (χ1n) is 7.68. The molecule has 1 fully saturated rings. The van der Waals surface area contributed by atoms with Gasteiger partial charge in [-0.3, -0.25) is 9.48 Å². The molecule has 0 unspecified atom stereocenters. The van der Waals surface area contributed by atoms with E-state index in [0.717, 1.165) is 56.8 Å². The molecule has 20 heavy (non-hydrogen) atoms. The zero-order valence-electron chi connectivity index (χ0n) is 12.9. The van der Waals surface area contributed by atoms with Crippen LogP contribution in [0.5, 0.6) is 0 Å². The van der Waals surface area contributed by atoms with Gasteiger partial charge in [0.25, 0.3) is 5.91 Å². The summed E-state index contributed by atoms with van der Waals surface area (Å²) in [5.41, 5.74) is 1.71. The Morgan fingerprint density at radius 1 is 1.45 bits per heavy atom. The maximum absolute atomic E-state index is 12.6. The molecule has 2 rings (SSSR count). The van der Waals surface area contributed by atoms with Crippen molar-refractivity contribution < 1.29 is 4.79 Å². The average molecular weight is 278 g/mol. The molecule has 0 aromatic carbocycles. The van der Waals surface area contributed by atoms with Gasteiger partial charge in [-0.1, -0.05) is 6.92 Å². The molecule has 1 aliphatic heterocycles. The fourth-order valence-corrected chi connectivity index (χ4v) is 2.79. The van der Waals surface area contributed by atoms with E-state index in [0.29, 0.717) is 5.92 Å². The van der Waals surface area contributed by atoms with Crippen LogP contribution in [0.4, 0.5) is 0 Å². The Morgan fingerprint density at radius 3 is 2.75 bits per heavy atom. The monoisotopic (exact) mass is 278 g/mol. The minimum atomic E-state index is 0.0950. The van der Waals surface area contributed by atoms with Gasteiger partial charge in [0.1, 0.15) is 5.69 Å². The lowest BCUT2D eigenvalue weighted by atomic mass is 9.97.